The number of hydrogen-bond acceptors (Lipinski definition) is 3. The third kappa shape index (κ3) is 3.30. The molecule has 0 fully saturated rings. The second-order valence-electron chi connectivity index (χ2n) is 4.93. The summed E-state index contributed by atoms with van der Waals surface area (Å²) in [5, 5.41) is 11.5. The lowest BCUT2D eigenvalue weighted by Crippen LogP contribution is -2.36. The van der Waals surface area contributed by atoms with Crippen molar-refractivity contribution in [1.29, 1.82) is 0 Å². The Hall–Kier alpha value is -0.380. The van der Waals surface area contributed by atoms with Gasteiger partial charge in [-0.1, -0.05) is 19.9 Å². The van der Waals surface area contributed by atoms with Gasteiger partial charge in [-0.15, -0.1) is 11.3 Å². The first-order chi connectivity index (χ1) is 7.52. The van der Waals surface area contributed by atoms with Crippen LogP contribution in [0, 0.1) is 5.41 Å². The molecule has 2 atom stereocenters. The van der Waals surface area contributed by atoms with E-state index in [1.54, 1.807) is 11.3 Å². The van der Waals surface area contributed by atoms with Gasteiger partial charge in [-0.05, 0) is 31.8 Å². The fourth-order valence-electron chi connectivity index (χ4n) is 1.76. The topological polar surface area (TPSA) is 23.5 Å². The number of aliphatic hydroxyl groups is 1. The molecule has 3 heteroatoms. The van der Waals surface area contributed by atoms with Crippen LogP contribution < -0.4 is 0 Å². The molecule has 0 amide bonds. The lowest BCUT2D eigenvalue weighted by molar-refractivity contribution is 0.0814. The van der Waals surface area contributed by atoms with Crippen LogP contribution in [0.4, 0.5) is 0 Å². The maximum absolute atomic E-state index is 9.42. The Morgan fingerprint density at radius 2 is 2.25 bits per heavy atom. The summed E-state index contributed by atoms with van der Waals surface area (Å²) in [6.45, 7) is 7.69. The first-order valence-corrected chi connectivity index (χ1v) is 6.75. The summed E-state index contributed by atoms with van der Waals surface area (Å²) in [7, 11) is 2.13. The number of rotatable bonds is 6. The number of thiophene rings is 1. The number of hydrogen-bond donors (Lipinski definition) is 1. The van der Waals surface area contributed by atoms with E-state index in [9.17, 15) is 5.11 Å². The zero-order valence-electron chi connectivity index (χ0n) is 10.7. The molecule has 0 spiro atoms. The van der Waals surface area contributed by atoms with Crippen LogP contribution in [0.25, 0.3) is 0 Å². The Labute approximate surface area is 103 Å². The van der Waals surface area contributed by atoms with E-state index >= 15 is 0 Å². The van der Waals surface area contributed by atoms with Gasteiger partial charge in [0.05, 0.1) is 0 Å². The molecule has 1 N–H and O–H groups in total. The van der Waals surface area contributed by atoms with Gasteiger partial charge in [0.15, 0.2) is 0 Å². The summed E-state index contributed by atoms with van der Waals surface area (Å²) in [6.07, 6.45) is 1.00. The maximum Gasteiger partial charge on any atom is 0.0496 e. The van der Waals surface area contributed by atoms with E-state index in [-0.39, 0.29) is 12.0 Å². The lowest BCUT2D eigenvalue weighted by atomic mass is 9.88. The Bertz CT molecular complexity index is 293. The molecular formula is C13H23NOS. The van der Waals surface area contributed by atoms with Crippen molar-refractivity contribution >= 4 is 11.3 Å². The van der Waals surface area contributed by atoms with Gasteiger partial charge in [0.2, 0.25) is 0 Å². The average Bonchev–Trinajstić information content (AvgIpc) is 2.81. The lowest BCUT2D eigenvalue weighted by Gasteiger charge is -2.34. The van der Waals surface area contributed by atoms with Crippen LogP contribution in [0.2, 0.25) is 0 Å². The van der Waals surface area contributed by atoms with E-state index in [0.717, 1.165) is 13.0 Å². The third-order valence-corrected chi connectivity index (χ3v) is 4.53. The van der Waals surface area contributed by atoms with E-state index in [2.05, 4.69) is 50.2 Å². The molecule has 1 heterocycles. The molecule has 2 unspecified atom stereocenters. The first-order valence-electron chi connectivity index (χ1n) is 5.87. The van der Waals surface area contributed by atoms with Crippen LogP contribution in [-0.2, 0) is 0 Å². The predicted octanol–water partition coefficient (Wildman–Crippen LogP) is 3.15. The highest BCUT2D eigenvalue weighted by molar-refractivity contribution is 7.10. The van der Waals surface area contributed by atoms with E-state index < -0.39 is 0 Å². The Kier molecular flexibility index (Phi) is 4.96. The van der Waals surface area contributed by atoms with Gasteiger partial charge in [-0.2, -0.15) is 0 Å². The number of aliphatic hydroxyl groups excluding tert-OH is 1. The average molecular weight is 241 g/mol. The Balaban J connectivity index is 2.61. The molecule has 0 aliphatic carbocycles. The molecule has 1 rings (SSSR count). The summed E-state index contributed by atoms with van der Waals surface area (Å²) >= 11 is 1.80. The highest BCUT2D eigenvalue weighted by Gasteiger charge is 2.25. The van der Waals surface area contributed by atoms with Crippen molar-refractivity contribution in [1.82, 2.24) is 4.90 Å². The molecule has 0 aliphatic heterocycles. The van der Waals surface area contributed by atoms with Gasteiger partial charge in [0.25, 0.3) is 0 Å². The summed E-state index contributed by atoms with van der Waals surface area (Å²) in [5.74, 6) is 0. The molecule has 0 saturated carbocycles. The largest absolute Gasteiger partial charge is 0.396 e. The minimum Gasteiger partial charge on any atom is -0.396 e. The second-order valence-corrected chi connectivity index (χ2v) is 5.91. The van der Waals surface area contributed by atoms with Gasteiger partial charge in [0, 0.05) is 29.5 Å². The van der Waals surface area contributed by atoms with Crippen molar-refractivity contribution in [3.8, 4) is 0 Å². The van der Waals surface area contributed by atoms with Gasteiger partial charge in [-0.25, -0.2) is 0 Å². The summed E-state index contributed by atoms with van der Waals surface area (Å²) < 4.78 is 0. The summed E-state index contributed by atoms with van der Waals surface area (Å²) in [4.78, 5) is 3.71. The minimum atomic E-state index is 0.0142. The Morgan fingerprint density at radius 3 is 2.69 bits per heavy atom. The molecular weight excluding hydrogens is 218 g/mol. The first kappa shape index (κ1) is 13.7. The normalized spacial score (nSPS) is 17.4. The van der Waals surface area contributed by atoms with Crippen molar-refractivity contribution in [3.05, 3.63) is 22.4 Å². The van der Waals surface area contributed by atoms with Crippen molar-refractivity contribution in [2.75, 3.05) is 20.2 Å². The zero-order chi connectivity index (χ0) is 12.2. The predicted molar refractivity (Wildman–Crippen MR) is 70.8 cm³/mol. The minimum absolute atomic E-state index is 0.0142. The third-order valence-electron chi connectivity index (χ3n) is 3.48. The summed E-state index contributed by atoms with van der Waals surface area (Å²) in [6, 6.07) is 4.70. The van der Waals surface area contributed by atoms with Gasteiger partial charge >= 0.3 is 0 Å². The quantitative estimate of drug-likeness (QED) is 0.827. The highest BCUT2D eigenvalue weighted by Crippen LogP contribution is 2.28. The van der Waals surface area contributed by atoms with Crippen LogP contribution in [-0.4, -0.2) is 30.2 Å². The van der Waals surface area contributed by atoms with Crippen LogP contribution in [0.15, 0.2) is 17.5 Å². The van der Waals surface area contributed by atoms with Crippen LogP contribution in [0.1, 0.15) is 38.1 Å². The van der Waals surface area contributed by atoms with Crippen molar-refractivity contribution in [2.24, 2.45) is 5.41 Å². The van der Waals surface area contributed by atoms with Crippen molar-refractivity contribution < 1.29 is 5.11 Å². The van der Waals surface area contributed by atoms with Crippen LogP contribution in [0.5, 0.6) is 0 Å². The standard InChI is InChI=1S/C13H23NOS/c1-5-13(3,10-15)9-14(4)11(2)12-7-6-8-16-12/h6-8,11,15H,5,9-10H2,1-4H3. The van der Waals surface area contributed by atoms with Crippen LogP contribution in [0.3, 0.4) is 0 Å². The fourth-order valence-corrected chi connectivity index (χ4v) is 2.61. The van der Waals surface area contributed by atoms with E-state index in [1.165, 1.54) is 4.88 Å². The molecule has 16 heavy (non-hydrogen) atoms. The maximum atomic E-state index is 9.42. The van der Waals surface area contributed by atoms with E-state index in [1.807, 2.05) is 0 Å². The van der Waals surface area contributed by atoms with Gasteiger partial charge in [-0.3, -0.25) is 4.90 Å². The second kappa shape index (κ2) is 5.80. The molecule has 2 nitrogen and oxygen atoms in total. The molecule has 0 bridgehead atoms. The molecule has 0 aromatic carbocycles. The van der Waals surface area contributed by atoms with E-state index in [4.69, 9.17) is 0 Å². The fraction of sp³-hybridized carbons (Fsp3) is 0.692. The molecule has 0 saturated heterocycles. The molecule has 1 aromatic heterocycles. The monoisotopic (exact) mass is 241 g/mol. The molecule has 0 aliphatic rings. The molecule has 1 aromatic rings. The Morgan fingerprint density at radius 1 is 1.56 bits per heavy atom. The van der Waals surface area contributed by atoms with Gasteiger partial charge in [0.1, 0.15) is 0 Å². The van der Waals surface area contributed by atoms with Gasteiger partial charge < -0.3 is 5.11 Å². The van der Waals surface area contributed by atoms with Crippen molar-refractivity contribution in [3.63, 3.8) is 0 Å². The SMILES string of the molecule is CCC(C)(CO)CN(C)C(C)c1cccs1. The highest BCUT2D eigenvalue weighted by atomic mass is 32.1. The van der Waals surface area contributed by atoms with E-state index in [0.29, 0.717) is 6.04 Å². The summed E-state index contributed by atoms with van der Waals surface area (Å²) in [5.41, 5.74) is 0.0142. The van der Waals surface area contributed by atoms with Crippen molar-refractivity contribution in [2.45, 2.75) is 33.2 Å². The smallest absolute Gasteiger partial charge is 0.0496 e. The van der Waals surface area contributed by atoms with Crippen LogP contribution >= 0.6 is 11.3 Å². The molecule has 0 radical (unpaired) electrons. The zero-order valence-corrected chi connectivity index (χ0v) is 11.5. The number of nitrogens with zero attached hydrogens (tertiary/aromatic N) is 1. The molecule has 92 valence electrons.